The van der Waals surface area contributed by atoms with E-state index in [9.17, 15) is 4.79 Å². The minimum atomic E-state index is -0.0677. The summed E-state index contributed by atoms with van der Waals surface area (Å²) < 4.78 is 27.6. The lowest BCUT2D eigenvalue weighted by atomic mass is 10.0. The van der Waals surface area contributed by atoms with E-state index >= 15 is 0 Å². The first-order valence-corrected chi connectivity index (χ1v) is 11.9. The molecule has 190 valence electrons. The van der Waals surface area contributed by atoms with E-state index in [1.807, 2.05) is 55.1 Å². The zero-order valence-corrected chi connectivity index (χ0v) is 21.4. The molecule has 2 heterocycles. The Morgan fingerprint density at radius 2 is 1.83 bits per heavy atom. The quantitative estimate of drug-likeness (QED) is 0.376. The minimum absolute atomic E-state index is 0.0555. The number of ether oxygens (including phenoxy) is 4. The summed E-state index contributed by atoms with van der Waals surface area (Å²) in [5.74, 6) is 3.35. The first-order valence-electron chi connectivity index (χ1n) is 11.9. The fourth-order valence-corrected chi connectivity index (χ4v) is 4.48. The van der Waals surface area contributed by atoms with Crippen LogP contribution in [0, 0.1) is 13.8 Å². The number of hydrogen-bond acceptors (Lipinski definition) is 7. The molecule has 0 spiro atoms. The first kappa shape index (κ1) is 25.2. The number of aryl methyl sites for hydroxylation is 2. The van der Waals surface area contributed by atoms with Gasteiger partial charge in [-0.2, -0.15) is 0 Å². The summed E-state index contributed by atoms with van der Waals surface area (Å²) in [6, 6.07) is 11.2. The van der Waals surface area contributed by atoms with E-state index in [4.69, 9.17) is 23.5 Å². The lowest BCUT2D eigenvalue weighted by molar-refractivity contribution is -0.126. The largest absolute Gasteiger partial charge is 0.497 e. The average Bonchev–Trinajstić information content (AvgIpc) is 3.52. The number of methoxy groups -OCH3 is 3. The van der Waals surface area contributed by atoms with E-state index in [1.165, 1.54) is 0 Å². The van der Waals surface area contributed by atoms with Crippen molar-refractivity contribution >= 4 is 12.0 Å². The number of carbonyl (C=O) groups excluding carboxylic acids is 1. The van der Waals surface area contributed by atoms with Crippen molar-refractivity contribution in [2.45, 2.75) is 39.3 Å². The topological polar surface area (TPSA) is 83.3 Å². The van der Waals surface area contributed by atoms with Crippen molar-refractivity contribution in [2.75, 3.05) is 27.9 Å². The van der Waals surface area contributed by atoms with Crippen molar-refractivity contribution < 1.29 is 28.3 Å². The Balaban J connectivity index is 1.47. The fraction of sp³-hybridized carbons (Fsp3) is 0.357. The van der Waals surface area contributed by atoms with Crippen LogP contribution in [-0.2, 0) is 11.4 Å². The lowest BCUT2D eigenvalue weighted by Gasteiger charge is -2.25. The van der Waals surface area contributed by atoms with Gasteiger partial charge in [0.1, 0.15) is 23.9 Å². The molecular formula is C28H32N2O6. The second kappa shape index (κ2) is 11.2. The SMILES string of the molecule is COc1ccc(OC)c(C2CCCN2C(=O)C=Cc2ccc(OCc3c(C)noc3C)c(OC)c2)c1. The molecule has 36 heavy (non-hydrogen) atoms. The summed E-state index contributed by atoms with van der Waals surface area (Å²) >= 11 is 0. The molecular weight excluding hydrogens is 460 g/mol. The van der Waals surface area contributed by atoms with E-state index in [0.29, 0.717) is 24.7 Å². The van der Waals surface area contributed by atoms with Crippen molar-refractivity contribution in [3.05, 3.63) is 70.6 Å². The van der Waals surface area contributed by atoms with Gasteiger partial charge < -0.3 is 28.4 Å². The molecule has 4 rings (SSSR count). The number of rotatable bonds is 9. The number of hydrogen-bond donors (Lipinski definition) is 0. The lowest BCUT2D eigenvalue weighted by Crippen LogP contribution is -2.29. The average molecular weight is 493 g/mol. The maximum Gasteiger partial charge on any atom is 0.247 e. The van der Waals surface area contributed by atoms with Crippen LogP contribution in [0.5, 0.6) is 23.0 Å². The van der Waals surface area contributed by atoms with Crippen LogP contribution in [0.3, 0.4) is 0 Å². The van der Waals surface area contributed by atoms with Crippen LogP contribution < -0.4 is 18.9 Å². The fourth-order valence-electron chi connectivity index (χ4n) is 4.48. The highest BCUT2D eigenvalue weighted by atomic mass is 16.5. The number of carbonyl (C=O) groups is 1. The van der Waals surface area contributed by atoms with Gasteiger partial charge in [0, 0.05) is 18.2 Å². The smallest absolute Gasteiger partial charge is 0.247 e. The Morgan fingerprint density at radius 3 is 2.53 bits per heavy atom. The Bertz CT molecular complexity index is 1230. The van der Waals surface area contributed by atoms with E-state index in [1.54, 1.807) is 33.5 Å². The molecule has 1 unspecified atom stereocenters. The predicted molar refractivity (Wildman–Crippen MR) is 136 cm³/mol. The molecule has 1 aliphatic heterocycles. The summed E-state index contributed by atoms with van der Waals surface area (Å²) in [6.07, 6.45) is 5.19. The maximum atomic E-state index is 13.2. The van der Waals surface area contributed by atoms with E-state index in [0.717, 1.165) is 52.5 Å². The van der Waals surface area contributed by atoms with E-state index < -0.39 is 0 Å². The van der Waals surface area contributed by atoms with Crippen molar-refractivity contribution in [3.63, 3.8) is 0 Å². The van der Waals surface area contributed by atoms with Crippen LogP contribution in [-0.4, -0.2) is 43.8 Å². The van der Waals surface area contributed by atoms with Gasteiger partial charge in [-0.1, -0.05) is 11.2 Å². The van der Waals surface area contributed by atoms with Crippen LogP contribution in [0.25, 0.3) is 6.08 Å². The molecule has 3 aromatic rings. The molecule has 0 saturated carbocycles. The van der Waals surface area contributed by atoms with Crippen LogP contribution in [0.1, 0.15) is 47.0 Å². The molecule has 1 aromatic heterocycles. The summed E-state index contributed by atoms with van der Waals surface area (Å²) in [5.41, 5.74) is 3.51. The van der Waals surface area contributed by atoms with Gasteiger partial charge >= 0.3 is 0 Å². The van der Waals surface area contributed by atoms with Gasteiger partial charge in [0.05, 0.1) is 38.6 Å². The number of amides is 1. The third-order valence-corrected chi connectivity index (χ3v) is 6.49. The summed E-state index contributed by atoms with van der Waals surface area (Å²) in [4.78, 5) is 15.1. The third kappa shape index (κ3) is 5.32. The zero-order valence-electron chi connectivity index (χ0n) is 21.4. The first-order chi connectivity index (χ1) is 17.4. The molecule has 1 aliphatic rings. The normalized spacial score (nSPS) is 15.4. The van der Waals surface area contributed by atoms with Crippen molar-refractivity contribution in [1.29, 1.82) is 0 Å². The second-order valence-corrected chi connectivity index (χ2v) is 8.63. The minimum Gasteiger partial charge on any atom is -0.497 e. The highest BCUT2D eigenvalue weighted by Crippen LogP contribution is 2.39. The third-order valence-electron chi connectivity index (χ3n) is 6.49. The molecule has 1 amide bonds. The molecule has 0 radical (unpaired) electrons. The van der Waals surface area contributed by atoms with Gasteiger partial charge in [-0.3, -0.25) is 4.79 Å². The van der Waals surface area contributed by atoms with Crippen LogP contribution >= 0.6 is 0 Å². The molecule has 1 atom stereocenters. The number of benzene rings is 2. The van der Waals surface area contributed by atoms with Crippen LogP contribution in [0.2, 0.25) is 0 Å². The molecule has 8 nitrogen and oxygen atoms in total. The highest BCUT2D eigenvalue weighted by molar-refractivity contribution is 5.92. The van der Waals surface area contributed by atoms with Crippen LogP contribution in [0.15, 0.2) is 47.0 Å². The number of nitrogens with zero attached hydrogens (tertiary/aromatic N) is 2. The van der Waals surface area contributed by atoms with Crippen molar-refractivity contribution in [2.24, 2.45) is 0 Å². The van der Waals surface area contributed by atoms with E-state index in [2.05, 4.69) is 5.16 Å². The monoisotopic (exact) mass is 492 g/mol. The van der Waals surface area contributed by atoms with Crippen molar-refractivity contribution in [3.8, 4) is 23.0 Å². The summed E-state index contributed by atoms with van der Waals surface area (Å²) in [6.45, 7) is 4.75. The molecule has 1 saturated heterocycles. The van der Waals surface area contributed by atoms with Crippen LogP contribution in [0.4, 0.5) is 0 Å². The predicted octanol–water partition coefficient (Wildman–Crippen LogP) is 5.27. The molecule has 0 N–H and O–H groups in total. The summed E-state index contributed by atoms with van der Waals surface area (Å²) in [5, 5.41) is 3.96. The standard InChI is InChI=1S/C28H32N2O6/c1-18-23(19(2)36-29-18)17-35-26-11-8-20(15-27(26)34-5)9-13-28(31)30-14-6-7-24(30)22-16-21(32-3)10-12-25(22)33-4/h8-13,15-16,24H,6-7,14,17H2,1-5H3. The van der Waals surface area contributed by atoms with Gasteiger partial charge in [-0.05, 0) is 68.7 Å². The zero-order chi connectivity index (χ0) is 25.7. The van der Waals surface area contributed by atoms with Gasteiger partial charge in [0.2, 0.25) is 5.91 Å². The molecule has 0 aliphatic carbocycles. The van der Waals surface area contributed by atoms with Gasteiger partial charge in [0.15, 0.2) is 11.5 Å². The molecule has 0 bridgehead atoms. The number of aromatic nitrogens is 1. The van der Waals surface area contributed by atoms with Gasteiger partial charge in [-0.25, -0.2) is 0 Å². The van der Waals surface area contributed by atoms with Gasteiger partial charge in [0.25, 0.3) is 0 Å². The Labute approximate surface area is 211 Å². The summed E-state index contributed by atoms with van der Waals surface area (Å²) in [7, 11) is 4.86. The second-order valence-electron chi connectivity index (χ2n) is 8.63. The molecule has 2 aromatic carbocycles. The maximum absolute atomic E-state index is 13.2. The molecule has 8 heteroatoms. The van der Waals surface area contributed by atoms with Gasteiger partial charge in [-0.15, -0.1) is 0 Å². The van der Waals surface area contributed by atoms with Crippen molar-refractivity contribution in [1.82, 2.24) is 10.1 Å². The molecule has 1 fully saturated rings. The Kier molecular flexibility index (Phi) is 7.83. The Morgan fingerprint density at radius 1 is 1.06 bits per heavy atom. The van der Waals surface area contributed by atoms with E-state index in [-0.39, 0.29) is 11.9 Å². The number of likely N-dealkylation sites (tertiary alicyclic amines) is 1. The Hall–Kier alpha value is -3.94. The highest BCUT2D eigenvalue weighted by Gasteiger charge is 2.31.